The average Bonchev–Trinajstić information content (AvgIpc) is 2.62. The van der Waals surface area contributed by atoms with E-state index in [1.54, 1.807) is 0 Å². The van der Waals surface area contributed by atoms with Crippen LogP contribution >= 0.6 is 11.3 Å². The van der Waals surface area contributed by atoms with Crippen molar-refractivity contribution in [1.29, 1.82) is 5.26 Å². The van der Waals surface area contributed by atoms with E-state index in [2.05, 4.69) is 16.7 Å². The molecule has 0 aliphatic heterocycles. The van der Waals surface area contributed by atoms with Crippen molar-refractivity contribution in [2.24, 2.45) is 0 Å². The normalized spacial score (nSPS) is 10.9. The fraction of sp³-hybridized carbons (Fsp3) is 0.462. The molecule has 0 saturated heterocycles. The summed E-state index contributed by atoms with van der Waals surface area (Å²) in [5, 5.41) is 23.8. The van der Waals surface area contributed by atoms with Gasteiger partial charge in [0.15, 0.2) is 0 Å². The van der Waals surface area contributed by atoms with Crippen molar-refractivity contribution in [3.05, 3.63) is 16.0 Å². The third-order valence-electron chi connectivity index (χ3n) is 2.98. The highest BCUT2D eigenvalue weighted by molar-refractivity contribution is 7.16. The lowest BCUT2D eigenvalue weighted by molar-refractivity contribution is -0.143. The molecule has 6 nitrogen and oxygen atoms in total. The number of carboxylic acids is 1. The van der Waals surface area contributed by atoms with E-state index in [0.29, 0.717) is 10.6 Å². The van der Waals surface area contributed by atoms with E-state index < -0.39 is 11.5 Å². The van der Waals surface area contributed by atoms with Crippen LogP contribution in [-0.2, 0) is 9.59 Å². The number of anilines is 1. The molecule has 1 aromatic heterocycles. The second kappa shape index (κ2) is 6.03. The van der Waals surface area contributed by atoms with Crippen molar-refractivity contribution in [3.63, 3.8) is 0 Å². The summed E-state index contributed by atoms with van der Waals surface area (Å²) in [5.74, 6) is -1.41. The van der Waals surface area contributed by atoms with E-state index in [-0.39, 0.29) is 12.5 Å². The third-order valence-corrected chi connectivity index (χ3v) is 4.10. The van der Waals surface area contributed by atoms with Crippen molar-refractivity contribution in [1.82, 2.24) is 5.32 Å². The van der Waals surface area contributed by atoms with Gasteiger partial charge >= 0.3 is 5.97 Å². The van der Waals surface area contributed by atoms with Gasteiger partial charge in [0.1, 0.15) is 16.6 Å². The Hall–Kier alpha value is -1.91. The second-order valence-corrected chi connectivity index (χ2v) is 6.16. The van der Waals surface area contributed by atoms with Gasteiger partial charge in [-0.05, 0) is 33.3 Å². The van der Waals surface area contributed by atoms with Gasteiger partial charge in [-0.15, -0.1) is 11.3 Å². The van der Waals surface area contributed by atoms with E-state index in [0.717, 1.165) is 10.4 Å². The van der Waals surface area contributed by atoms with Crippen LogP contribution in [0.5, 0.6) is 0 Å². The first-order chi connectivity index (χ1) is 9.19. The summed E-state index contributed by atoms with van der Waals surface area (Å²) in [6, 6.07) is 2.06. The van der Waals surface area contributed by atoms with Gasteiger partial charge in [0.25, 0.3) is 0 Å². The molecule has 0 aliphatic carbocycles. The lowest BCUT2D eigenvalue weighted by Crippen LogP contribution is -2.49. The summed E-state index contributed by atoms with van der Waals surface area (Å²) in [6.07, 6.45) is 0. The maximum absolute atomic E-state index is 11.8. The number of rotatable bonds is 5. The Kier molecular flexibility index (Phi) is 4.87. The maximum atomic E-state index is 11.8. The number of aliphatic carboxylic acids is 1. The molecular weight excluding hydrogens is 278 g/mol. The van der Waals surface area contributed by atoms with Crippen LogP contribution < -0.4 is 10.6 Å². The number of carboxylic acid groups (broad SMARTS) is 1. The van der Waals surface area contributed by atoms with Crippen LogP contribution in [-0.4, -0.2) is 29.1 Å². The Morgan fingerprint density at radius 1 is 1.40 bits per heavy atom. The molecule has 108 valence electrons. The average molecular weight is 295 g/mol. The number of carbonyl (C=O) groups is 2. The van der Waals surface area contributed by atoms with Gasteiger partial charge in [0.2, 0.25) is 5.91 Å². The van der Waals surface area contributed by atoms with Crippen LogP contribution in [0.25, 0.3) is 0 Å². The van der Waals surface area contributed by atoms with E-state index >= 15 is 0 Å². The zero-order valence-corrected chi connectivity index (χ0v) is 12.6. The number of nitriles is 1. The fourth-order valence-electron chi connectivity index (χ4n) is 1.40. The number of hydrogen-bond acceptors (Lipinski definition) is 5. The van der Waals surface area contributed by atoms with Gasteiger partial charge in [0, 0.05) is 4.88 Å². The molecular formula is C13H17N3O3S. The predicted octanol–water partition coefficient (Wildman–Crippen LogP) is 1.63. The minimum Gasteiger partial charge on any atom is -0.480 e. The molecule has 1 amide bonds. The Bertz CT molecular complexity index is 584. The highest BCUT2D eigenvalue weighted by atomic mass is 32.1. The second-order valence-electron chi connectivity index (χ2n) is 4.93. The van der Waals surface area contributed by atoms with Gasteiger partial charge in [-0.25, -0.2) is 0 Å². The SMILES string of the molecule is Cc1sc(NC(=O)CNC(C)(C)C(=O)O)c(C#N)c1C. The van der Waals surface area contributed by atoms with Gasteiger partial charge in [-0.1, -0.05) is 0 Å². The summed E-state index contributed by atoms with van der Waals surface area (Å²) < 4.78 is 0. The Morgan fingerprint density at radius 2 is 2.00 bits per heavy atom. The van der Waals surface area contributed by atoms with Gasteiger partial charge in [-0.3, -0.25) is 14.9 Å². The Morgan fingerprint density at radius 3 is 2.50 bits per heavy atom. The standard InChI is InChI=1S/C13H17N3O3S/c1-7-8(2)20-11(9(7)5-14)16-10(17)6-15-13(3,4)12(18)19/h15H,6H2,1-4H3,(H,16,17)(H,18,19). The Balaban J connectivity index is 2.71. The van der Waals surface area contributed by atoms with Crippen LogP contribution in [0.4, 0.5) is 5.00 Å². The number of thiophene rings is 1. The first kappa shape index (κ1) is 16.1. The topological polar surface area (TPSA) is 102 Å². The maximum Gasteiger partial charge on any atom is 0.323 e. The fourth-order valence-corrected chi connectivity index (χ4v) is 2.42. The minimum absolute atomic E-state index is 0.139. The first-order valence-corrected chi connectivity index (χ1v) is 6.79. The van der Waals surface area contributed by atoms with Gasteiger partial charge < -0.3 is 10.4 Å². The monoisotopic (exact) mass is 295 g/mol. The molecule has 0 fully saturated rings. The minimum atomic E-state index is -1.18. The number of nitrogens with one attached hydrogen (secondary N) is 2. The van der Waals surface area contributed by atoms with E-state index in [9.17, 15) is 9.59 Å². The molecule has 0 aliphatic rings. The van der Waals surface area contributed by atoms with Crippen molar-refractivity contribution in [3.8, 4) is 6.07 Å². The lowest BCUT2D eigenvalue weighted by Gasteiger charge is -2.20. The molecule has 1 rings (SSSR count). The molecule has 1 heterocycles. The van der Waals surface area contributed by atoms with Crippen molar-refractivity contribution < 1.29 is 14.7 Å². The van der Waals surface area contributed by atoms with Crippen LogP contribution in [0.15, 0.2) is 0 Å². The highest BCUT2D eigenvalue weighted by Gasteiger charge is 2.27. The quantitative estimate of drug-likeness (QED) is 0.766. The summed E-state index contributed by atoms with van der Waals surface area (Å²) in [5.41, 5.74) is 0.126. The summed E-state index contributed by atoms with van der Waals surface area (Å²) in [6.45, 7) is 6.51. The predicted molar refractivity (Wildman–Crippen MR) is 76.9 cm³/mol. The zero-order valence-electron chi connectivity index (χ0n) is 11.8. The van der Waals surface area contributed by atoms with Gasteiger partial charge in [-0.2, -0.15) is 5.26 Å². The van der Waals surface area contributed by atoms with Crippen LogP contribution in [0.2, 0.25) is 0 Å². The number of nitrogens with zero attached hydrogens (tertiary/aromatic N) is 1. The molecule has 20 heavy (non-hydrogen) atoms. The summed E-state index contributed by atoms with van der Waals surface area (Å²) in [7, 11) is 0. The molecule has 0 aromatic carbocycles. The molecule has 0 bridgehead atoms. The van der Waals surface area contributed by atoms with E-state index in [1.165, 1.54) is 25.2 Å². The number of aryl methyl sites for hydroxylation is 1. The summed E-state index contributed by atoms with van der Waals surface area (Å²) >= 11 is 1.34. The molecule has 0 saturated carbocycles. The van der Waals surface area contributed by atoms with Crippen molar-refractivity contribution in [2.45, 2.75) is 33.2 Å². The highest BCUT2D eigenvalue weighted by Crippen LogP contribution is 2.31. The lowest BCUT2D eigenvalue weighted by atomic mass is 10.1. The van der Waals surface area contributed by atoms with Crippen LogP contribution in [0, 0.1) is 25.2 Å². The number of amides is 1. The Labute approximate surface area is 121 Å². The summed E-state index contributed by atoms with van der Waals surface area (Å²) in [4.78, 5) is 23.7. The molecule has 3 N–H and O–H groups in total. The molecule has 7 heteroatoms. The van der Waals surface area contributed by atoms with Crippen molar-refractivity contribution >= 4 is 28.2 Å². The van der Waals surface area contributed by atoms with Crippen molar-refractivity contribution in [2.75, 3.05) is 11.9 Å². The third kappa shape index (κ3) is 3.56. The molecule has 1 aromatic rings. The zero-order chi connectivity index (χ0) is 15.5. The van der Waals surface area contributed by atoms with Crippen LogP contribution in [0.3, 0.4) is 0 Å². The largest absolute Gasteiger partial charge is 0.480 e. The number of hydrogen-bond donors (Lipinski definition) is 3. The van der Waals surface area contributed by atoms with E-state index in [1.807, 2.05) is 13.8 Å². The van der Waals surface area contributed by atoms with E-state index in [4.69, 9.17) is 10.4 Å². The first-order valence-electron chi connectivity index (χ1n) is 5.97. The van der Waals surface area contributed by atoms with Gasteiger partial charge in [0.05, 0.1) is 12.1 Å². The molecule has 0 spiro atoms. The number of carbonyl (C=O) groups excluding carboxylic acids is 1. The smallest absolute Gasteiger partial charge is 0.323 e. The molecule has 0 unspecified atom stereocenters. The molecule has 0 atom stereocenters. The van der Waals surface area contributed by atoms with Crippen LogP contribution in [0.1, 0.15) is 29.9 Å². The molecule has 0 radical (unpaired) electrons.